The summed E-state index contributed by atoms with van der Waals surface area (Å²) in [6, 6.07) is 7.24. The molecule has 1 atom stereocenters. The van der Waals surface area contributed by atoms with E-state index in [1.54, 1.807) is 12.1 Å². The van der Waals surface area contributed by atoms with Crippen LogP contribution in [0.2, 0.25) is 0 Å². The topological polar surface area (TPSA) is 45.1 Å². The fourth-order valence-electron chi connectivity index (χ4n) is 1.81. The normalized spacial score (nSPS) is 17.2. The quantitative estimate of drug-likeness (QED) is 0.826. The second-order valence-corrected chi connectivity index (χ2v) is 5.42. The van der Waals surface area contributed by atoms with Crippen LogP contribution in [0.4, 0.5) is 5.69 Å². The van der Waals surface area contributed by atoms with Crippen LogP contribution in [0.5, 0.6) is 0 Å². The molecule has 1 aromatic carbocycles. The molecule has 1 unspecified atom stereocenters. The van der Waals surface area contributed by atoms with E-state index in [-0.39, 0.29) is 0 Å². The number of guanidine groups is 1. The summed E-state index contributed by atoms with van der Waals surface area (Å²) in [5.41, 5.74) is 0.849. The molecule has 2 rings (SSSR count). The van der Waals surface area contributed by atoms with Crippen molar-refractivity contribution in [2.75, 3.05) is 34.3 Å². The zero-order valence-corrected chi connectivity index (χ0v) is 11.6. The molecule has 1 aliphatic heterocycles. The monoisotopic (exact) mass is 267 g/mol. The van der Waals surface area contributed by atoms with Crippen molar-refractivity contribution in [1.29, 1.82) is 0 Å². The number of aliphatic imine (C=N–C) groups is 1. The lowest BCUT2D eigenvalue weighted by atomic mass is 10.3. The van der Waals surface area contributed by atoms with Gasteiger partial charge in [-0.15, -0.1) is 0 Å². The Morgan fingerprint density at radius 3 is 2.22 bits per heavy atom. The maximum absolute atomic E-state index is 11.4. The predicted molar refractivity (Wildman–Crippen MR) is 72.2 cm³/mol. The number of hydrogen-bond acceptors (Lipinski definition) is 3. The minimum Gasteiger partial charge on any atom is -0.344 e. The van der Waals surface area contributed by atoms with Crippen molar-refractivity contribution in [3.63, 3.8) is 0 Å². The van der Waals surface area contributed by atoms with Gasteiger partial charge in [-0.2, -0.15) is 0 Å². The first-order valence-corrected chi connectivity index (χ1v) is 6.76. The number of benzene rings is 1. The Hall–Kier alpha value is -1.40. The Morgan fingerprint density at radius 1 is 1.17 bits per heavy atom. The zero-order valence-electron chi connectivity index (χ0n) is 10.8. The summed E-state index contributed by atoms with van der Waals surface area (Å²) in [4.78, 5) is 9.45. The van der Waals surface area contributed by atoms with Crippen LogP contribution in [-0.2, 0) is 15.3 Å². The molecule has 18 heavy (non-hydrogen) atoms. The van der Waals surface area contributed by atoms with Crippen LogP contribution in [-0.4, -0.2) is 54.3 Å². The summed E-state index contributed by atoms with van der Waals surface area (Å²) in [6.45, 7) is 1.97. The summed E-state index contributed by atoms with van der Waals surface area (Å²) >= 11 is -1.39. The average Bonchev–Trinajstić information content (AvgIpc) is 2.70. The summed E-state index contributed by atoms with van der Waals surface area (Å²) < 4.78 is 16.2. The Bertz CT molecular complexity index is 461. The molecule has 1 saturated heterocycles. The van der Waals surface area contributed by atoms with Crippen LogP contribution in [0.15, 0.2) is 34.2 Å². The minimum atomic E-state index is -1.39. The lowest BCUT2D eigenvalue weighted by Gasteiger charge is -2.15. The smallest absolute Gasteiger partial charge is 0.201 e. The molecular weight excluding hydrogens is 250 g/mol. The Balaban J connectivity index is 2.20. The van der Waals surface area contributed by atoms with Gasteiger partial charge >= 0.3 is 0 Å². The van der Waals surface area contributed by atoms with E-state index < -0.39 is 11.1 Å². The van der Waals surface area contributed by atoms with Gasteiger partial charge < -0.3 is 9.80 Å². The molecule has 0 bridgehead atoms. The number of nitrogens with zero attached hydrogens (tertiary/aromatic N) is 3. The van der Waals surface area contributed by atoms with Crippen molar-refractivity contribution >= 4 is 22.7 Å². The number of hydrogen-bond donors (Lipinski definition) is 0. The Labute approximate surface area is 110 Å². The fraction of sp³-hybridized carbons (Fsp3) is 0.417. The summed E-state index contributed by atoms with van der Waals surface area (Å²) in [7, 11) is 5.47. The van der Waals surface area contributed by atoms with Crippen LogP contribution in [0.1, 0.15) is 0 Å². The molecule has 0 saturated carbocycles. The van der Waals surface area contributed by atoms with Crippen LogP contribution in [0, 0.1) is 0 Å². The zero-order chi connectivity index (χ0) is 13.1. The summed E-state index contributed by atoms with van der Waals surface area (Å²) in [6.07, 6.45) is 0. The number of rotatable bonds is 3. The van der Waals surface area contributed by atoms with Gasteiger partial charge in [0.1, 0.15) is 0 Å². The van der Waals surface area contributed by atoms with Gasteiger partial charge in [0.05, 0.1) is 17.7 Å². The average molecular weight is 267 g/mol. The van der Waals surface area contributed by atoms with E-state index in [0.717, 1.165) is 24.7 Å². The van der Waals surface area contributed by atoms with Crippen molar-refractivity contribution in [3.05, 3.63) is 24.3 Å². The third kappa shape index (κ3) is 2.70. The highest BCUT2D eigenvalue weighted by Crippen LogP contribution is 2.18. The van der Waals surface area contributed by atoms with Crippen LogP contribution in [0.3, 0.4) is 0 Å². The molecule has 1 aliphatic rings. The second-order valence-electron chi connectivity index (χ2n) is 4.15. The lowest BCUT2D eigenvalue weighted by Crippen LogP contribution is -2.27. The van der Waals surface area contributed by atoms with Crippen molar-refractivity contribution in [2.45, 2.75) is 4.90 Å². The van der Waals surface area contributed by atoms with E-state index >= 15 is 0 Å². The maximum Gasteiger partial charge on any atom is 0.201 e. The van der Waals surface area contributed by atoms with Gasteiger partial charge in [0, 0.05) is 27.2 Å². The molecule has 0 aliphatic carbocycles. The maximum atomic E-state index is 11.4. The highest BCUT2D eigenvalue weighted by molar-refractivity contribution is 7.80. The number of likely N-dealkylation sites (N-methyl/N-ethyl adjacent to an activating group) is 2. The third-order valence-electron chi connectivity index (χ3n) is 2.86. The van der Waals surface area contributed by atoms with Crippen molar-refractivity contribution in [2.24, 2.45) is 4.99 Å². The first-order chi connectivity index (χ1) is 8.61. The molecule has 0 amide bonds. The molecule has 0 aromatic heterocycles. The van der Waals surface area contributed by atoms with E-state index in [9.17, 15) is 4.21 Å². The SMILES string of the molecule is COS(=O)c1ccc(N=C2N(C)CCN2C)cc1. The van der Waals surface area contributed by atoms with Gasteiger partial charge in [-0.25, -0.2) is 9.20 Å². The Morgan fingerprint density at radius 2 is 1.72 bits per heavy atom. The fourth-order valence-corrected chi connectivity index (χ4v) is 2.36. The standard InChI is InChI=1S/C12H17N3O2S/c1-14-8-9-15(2)12(14)13-10-4-6-11(7-5-10)18(16)17-3/h4-7H,8-9H2,1-3H3. The van der Waals surface area contributed by atoms with Gasteiger partial charge in [0.25, 0.3) is 0 Å². The molecular formula is C12H17N3O2S. The van der Waals surface area contributed by atoms with E-state index in [4.69, 9.17) is 4.18 Å². The highest BCUT2D eigenvalue weighted by atomic mass is 32.2. The minimum absolute atomic E-state index is 0.648. The van der Waals surface area contributed by atoms with Crippen molar-refractivity contribution in [1.82, 2.24) is 9.80 Å². The van der Waals surface area contributed by atoms with Crippen molar-refractivity contribution in [3.8, 4) is 0 Å². The van der Waals surface area contributed by atoms with Gasteiger partial charge in [0.15, 0.2) is 11.1 Å². The predicted octanol–water partition coefficient (Wildman–Crippen LogP) is 1.22. The molecule has 6 heteroatoms. The molecule has 1 heterocycles. The summed E-state index contributed by atoms with van der Waals surface area (Å²) in [5.74, 6) is 0.954. The molecule has 1 fully saturated rings. The van der Waals surface area contributed by atoms with Gasteiger partial charge in [-0.05, 0) is 24.3 Å². The van der Waals surface area contributed by atoms with Gasteiger partial charge in [-0.3, -0.25) is 4.18 Å². The third-order valence-corrected chi connectivity index (χ3v) is 3.82. The summed E-state index contributed by atoms with van der Waals surface area (Å²) in [5, 5.41) is 0. The van der Waals surface area contributed by atoms with Gasteiger partial charge in [-0.1, -0.05) is 0 Å². The molecule has 0 N–H and O–H groups in total. The van der Waals surface area contributed by atoms with Crippen molar-refractivity contribution < 1.29 is 8.39 Å². The molecule has 0 spiro atoms. The second kappa shape index (κ2) is 5.49. The van der Waals surface area contributed by atoms with Crippen LogP contribution >= 0.6 is 0 Å². The molecule has 0 radical (unpaired) electrons. The Kier molecular flexibility index (Phi) is 3.98. The first-order valence-electron chi connectivity index (χ1n) is 5.69. The van der Waals surface area contributed by atoms with Crippen LogP contribution in [0.25, 0.3) is 0 Å². The van der Waals surface area contributed by atoms with E-state index in [2.05, 4.69) is 14.8 Å². The highest BCUT2D eigenvalue weighted by Gasteiger charge is 2.19. The van der Waals surface area contributed by atoms with E-state index in [0.29, 0.717) is 4.90 Å². The molecule has 5 nitrogen and oxygen atoms in total. The molecule has 98 valence electrons. The van der Waals surface area contributed by atoms with Gasteiger partial charge in [0.2, 0.25) is 5.96 Å². The largest absolute Gasteiger partial charge is 0.344 e. The van der Waals surface area contributed by atoms with E-state index in [1.165, 1.54) is 7.11 Å². The van der Waals surface area contributed by atoms with E-state index in [1.807, 2.05) is 26.2 Å². The van der Waals surface area contributed by atoms with Crippen LogP contribution < -0.4 is 0 Å². The molecule has 1 aromatic rings. The first kappa shape index (κ1) is 13.0. The lowest BCUT2D eigenvalue weighted by molar-refractivity contribution is 0.446.